The highest BCUT2D eigenvalue weighted by Crippen LogP contribution is 2.34. The molecule has 0 amide bonds. The van der Waals surface area contributed by atoms with Gasteiger partial charge in [-0.15, -0.1) is 0 Å². The monoisotopic (exact) mass is 376 g/mol. The van der Waals surface area contributed by atoms with E-state index in [4.69, 9.17) is 20.9 Å². The molecule has 0 atom stereocenters. The number of ether oxygens (including phenoxy) is 2. The van der Waals surface area contributed by atoms with E-state index in [-0.39, 0.29) is 5.95 Å². The van der Waals surface area contributed by atoms with E-state index < -0.39 is 0 Å². The van der Waals surface area contributed by atoms with Crippen LogP contribution in [0.5, 0.6) is 11.5 Å². The number of anilines is 2. The predicted molar refractivity (Wildman–Crippen MR) is 108 cm³/mol. The van der Waals surface area contributed by atoms with E-state index in [0.29, 0.717) is 30.5 Å². The van der Waals surface area contributed by atoms with Crippen molar-refractivity contribution in [1.29, 1.82) is 0 Å². The van der Waals surface area contributed by atoms with Crippen LogP contribution in [-0.4, -0.2) is 33.4 Å². The summed E-state index contributed by atoms with van der Waals surface area (Å²) >= 11 is 0. The van der Waals surface area contributed by atoms with Crippen LogP contribution in [0.1, 0.15) is 6.42 Å². The second-order valence-electron chi connectivity index (χ2n) is 6.17. The van der Waals surface area contributed by atoms with Crippen LogP contribution in [0.25, 0.3) is 22.2 Å². The SMILES string of the molecule is Nc1nccc(-c2cc(OCCCOc3ccccc3)c3c(N)n[nH]c3c2)n1. The van der Waals surface area contributed by atoms with Crippen molar-refractivity contribution in [3.05, 3.63) is 54.7 Å². The molecule has 8 nitrogen and oxygen atoms in total. The summed E-state index contributed by atoms with van der Waals surface area (Å²) in [4.78, 5) is 8.20. The van der Waals surface area contributed by atoms with Gasteiger partial charge in [0.05, 0.1) is 29.8 Å². The number of hydrogen-bond donors (Lipinski definition) is 3. The maximum absolute atomic E-state index is 6.00. The molecule has 5 N–H and O–H groups in total. The highest BCUT2D eigenvalue weighted by atomic mass is 16.5. The zero-order chi connectivity index (χ0) is 19.3. The van der Waals surface area contributed by atoms with Crippen molar-refractivity contribution in [2.24, 2.45) is 0 Å². The van der Waals surface area contributed by atoms with Crippen molar-refractivity contribution in [1.82, 2.24) is 20.2 Å². The number of nitrogens with zero attached hydrogens (tertiary/aromatic N) is 3. The van der Waals surface area contributed by atoms with Gasteiger partial charge in [-0.1, -0.05) is 18.2 Å². The first kappa shape index (κ1) is 17.6. The third-order valence-electron chi connectivity index (χ3n) is 4.18. The number of hydrogen-bond acceptors (Lipinski definition) is 7. The predicted octanol–water partition coefficient (Wildman–Crippen LogP) is 3.03. The Hall–Kier alpha value is -3.81. The fourth-order valence-electron chi connectivity index (χ4n) is 2.89. The van der Waals surface area contributed by atoms with Crippen LogP contribution in [0.2, 0.25) is 0 Å². The number of rotatable bonds is 7. The van der Waals surface area contributed by atoms with Crippen LogP contribution in [-0.2, 0) is 0 Å². The standard InChI is InChI=1S/C20H20N6O2/c21-19-18-16(25-26-19)11-13(15-7-8-23-20(22)24-15)12-17(18)28-10-4-9-27-14-5-2-1-3-6-14/h1-3,5-8,11-12H,4,9-10H2,(H3,21,25,26)(H2,22,23,24). The summed E-state index contributed by atoms with van der Waals surface area (Å²) in [5.41, 5.74) is 14.0. The minimum Gasteiger partial charge on any atom is -0.493 e. The lowest BCUT2D eigenvalue weighted by molar-refractivity contribution is 0.249. The molecule has 2 aromatic carbocycles. The molecule has 0 radical (unpaired) electrons. The Morgan fingerprint density at radius 1 is 0.964 bits per heavy atom. The summed E-state index contributed by atoms with van der Waals surface area (Å²) in [7, 11) is 0. The van der Waals surface area contributed by atoms with E-state index in [1.54, 1.807) is 12.3 Å². The molecule has 0 fully saturated rings. The summed E-state index contributed by atoms with van der Waals surface area (Å²) in [6, 6.07) is 15.3. The molecule has 0 unspecified atom stereocenters. The van der Waals surface area contributed by atoms with E-state index in [9.17, 15) is 0 Å². The molecular weight excluding hydrogens is 356 g/mol. The number of aromatic amines is 1. The summed E-state index contributed by atoms with van der Waals surface area (Å²) < 4.78 is 11.7. The second-order valence-corrected chi connectivity index (χ2v) is 6.17. The zero-order valence-corrected chi connectivity index (χ0v) is 15.1. The van der Waals surface area contributed by atoms with Gasteiger partial charge in [-0.2, -0.15) is 5.10 Å². The van der Waals surface area contributed by atoms with Gasteiger partial charge in [0.2, 0.25) is 5.95 Å². The van der Waals surface area contributed by atoms with Gasteiger partial charge in [0, 0.05) is 18.2 Å². The smallest absolute Gasteiger partial charge is 0.220 e. The molecule has 28 heavy (non-hydrogen) atoms. The van der Waals surface area contributed by atoms with Gasteiger partial charge in [0.1, 0.15) is 11.5 Å². The van der Waals surface area contributed by atoms with Crippen LogP contribution in [0.3, 0.4) is 0 Å². The van der Waals surface area contributed by atoms with Gasteiger partial charge in [-0.25, -0.2) is 9.97 Å². The topological polar surface area (TPSA) is 125 Å². The van der Waals surface area contributed by atoms with Crippen molar-refractivity contribution >= 4 is 22.7 Å². The maximum Gasteiger partial charge on any atom is 0.220 e. The first-order valence-corrected chi connectivity index (χ1v) is 8.88. The zero-order valence-electron chi connectivity index (χ0n) is 15.1. The van der Waals surface area contributed by atoms with Gasteiger partial charge in [-0.05, 0) is 30.3 Å². The average molecular weight is 376 g/mol. The molecule has 4 rings (SSSR count). The fraction of sp³-hybridized carbons (Fsp3) is 0.150. The van der Waals surface area contributed by atoms with Crippen molar-refractivity contribution in [2.75, 3.05) is 24.7 Å². The Bertz CT molecular complexity index is 1080. The molecule has 142 valence electrons. The first-order valence-electron chi connectivity index (χ1n) is 8.88. The van der Waals surface area contributed by atoms with Gasteiger partial charge < -0.3 is 20.9 Å². The number of para-hydroxylation sites is 1. The molecule has 4 aromatic rings. The third kappa shape index (κ3) is 3.80. The largest absolute Gasteiger partial charge is 0.493 e. The quantitative estimate of drug-likeness (QED) is 0.423. The number of H-pyrrole nitrogens is 1. The molecule has 0 aliphatic rings. The lowest BCUT2D eigenvalue weighted by atomic mass is 10.1. The lowest BCUT2D eigenvalue weighted by Crippen LogP contribution is -2.05. The number of aromatic nitrogens is 4. The normalized spacial score (nSPS) is 10.9. The highest BCUT2D eigenvalue weighted by Gasteiger charge is 2.13. The molecular formula is C20H20N6O2. The van der Waals surface area contributed by atoms with Crippen LogP contribution in [0.15, 0.2) is 54.7 Å². The van der Waals surface area contributed by atoms with E-state index in [2.05, 4.69) is 20.2 Å². The fourth-order valence-corrected chi connectivity index (χ4v) is 2.89. The Balaban J connectivity index is 1.49. The molecule has 8 heteroatoms. The van der Waals surface area contributed by atoms with Crippen LogP contribution >= 0.6 is 0 Å². The van der Waals surface area contributed by atoms with Gasteiger partial charge in [0.15, 0.2) is 5.82 Å². The van der Waals surface area contributed by atoms with E-state index in [0.717, 1.165) is 28.6 Å². The molecule has 0 bridgehead atoms. The van der Waals surface area contributed by atoms with E-state index >= 15 is 0 Å². The molecule has 2 aromatic heterocycles. The highest BCUT2D eigenvalue weighted by molar-refractivity contribution is 5.97. The third-order valence-corrected chi connectivity index (χ3v) is 4.18. The first-order chi connectivity index (χ1) is 13.7. The van der Waals surface area contributed by atoms with Crippen molar-refractivity contribution in [3.63, 3.8) is 0 Å². The number of fused-ring (bicyclic) bond motifs is 1. The number of nitrogens with one attached hydrogen (secondary N) is 1. The average Bonchev–Trinajstić information content (AvgIpc) is 3.09. The summed E-state index contributed by atoms with van der Waals surface area (Å²) in [5, 5.41) is 7.75. The maximum atomic E-state index is 6.00. The molecule has 0 spiro atoms. The Kier molecular flexibility index (Phi) is 4.92. The minimum absolute atomic E-state index is 0.210. The minimum atomic E-state index is 0.210. The van der Waals surface area contributed by atoms with Crippen LogP contribution in [0.4, 0.5) is 11.8 Å². The van der Waals surface area contributed by atoms with Gasteiger partial charge >= 0.3 is 0 Å². The molecule has 0 aliphatic heterocycles. The van der Waals surface area contributed by atoms with E-state index in [1.807, 2.05) is 42.5 Å². The van der Waals surface area contributed by atoms with Crippen molar-refractivity contribution in [2.45, 2.75) is 6.42 Å². The van der Waals surface area contributed by atoms with Crippen LogP contribution in [0, 0.1) is 0 Å². The molecule has 0 saturated carbocycles. The van der Waals surface area contributed by atoms with Gasteiger partial charge in [0.25, 0.3) is 0 Å². The number of nitrogen functional groups attached to an aromatic ring is 2. The Labute approximate surface area is 161 Å². The summed E-state index contributed by atoms with van der Waals surface area (Å²) in [6.07, 6.45) is 2.34. The number of nitrogens with two attached hydrogens (primary N) is 2. The van der Waals surface area contributed by atoms with E-state index in [1.165, 1.54) is 0 Å². The summed E-state index contributed by atoms with van der Waals surface area (Å²) in [5.74, 6) is 2.07. The van der Waals surface area contributed by atoms with Crippen molar-refractivity contribution in [3.8, 4) is 22.8 Å². The molecule has 2 heterocycles. The Morgan fingerprint density at radius 2 is 1.79 bits per heavy atom. The second kappa shape index (κ2) is 7.83. The Morgan fingerprint density at radius 3 is 2.61 bits per heavy atom. The number of benzene rings is 2. The molecule has 0 aliphatic carbocycles. The van der Waals surface area contributed by atoms with Gasteiger partial charge in [-0.3, -0.25) is 5.10 Å². The lowest BCUT2D eigenvalue weighted by Gasteiger charge is -2.11. The molecule has 0 saturated heterocycles. The summed E-state index contributed by atoms with van der Waals surface area (Å²) in [6.45, 7) is 1.03. The van der Waals surface area contributed by atoms with Crippen LogP contribution < -0.4 is 20.9 Å². The van der Waals surface area contributed by atoms with Crippen molar-refractivity contribution < 1.29 is 9.47 Å².